The fourth-order valence-electron chi connectivity index (χ4n) is 5.50. The van der Waals surface area contributed by atoms with Crippen molar-refractivity contribution < 1.29 is 17.0 Å². The first-order chi connectivity index (χ1) is 16.2. The van der Waals surface area contributed by atoms with E-state index in [2.05, 4.69) is 27.7 Å². The summed E-state index contributed by atoms with van der Waals surface area (Å²) in [4.78, 5) is 0. The highest BCUT2D eigenvalue weighted by atomic mass is 79.9. The summed E-state index contributed by atoms with van der Waals surface area (Å²) in [5.41, 5.74) is 0. The van der Waals surface area contributed by atoms with Crippen LogP contribution in [0.15, 0.2) is 0 Å². The van der Waals surface area contributed by atoms with Crippen molar-refractivity contribution in [2.75, 3.05) is 24.6 Å². The number of hydrogen-bond acceptors (Lipinski definition) is 0. The molecule has 0 aliphatic carbocycles. The molecule has 0 heterocycles. The van der Waals surface area contributed by atoms with Crippen molar-refractivity contribution in [1.29, 1.82) is 0 Å². The highest BCUT2D eigenvalue weighted by Crippen LogP contribution is 2.61. The third kappa shape index (κ3) is 24.6. The van der Waals surface area contributed by atoms with Crippen LogP contribution >= 0.6 is 7.26 Å². The number of halogens is 1. The molecule has 0 N–H and O–H groups in total. The van der Waals surface area contributed by atoms with Gasteiger partial charge < -0.3 is 17.0 Å². The fraction of sp³-hybridized carbons (Fsp3) is 1.00. The van der Waals surface area contributed by atoms with Gasteiger partial charge in [-0.2, -0.15) is 0 Å². The van der Waals surface area contributed by atoms with Gasteiger partial charge in [-0.3, -0.25) is 0 Å². The number of rotatable bonds is 28. The predicted octanol–water partition coefficient (Wildman–Crippen LogP) is 9.45. The van der Waals surface area contributed by atoms with E-state index in [1.165, 1.54) is 148 Å². The van der Waals surface area contributed by atoms with Gasteiger partial charge in [-0.05, 0) is 32.1 Å². The lowest BCUT2D eigenvalue weighted by molar-refractivity contribution is -0.00000754. The molecule has 0 amide bonds. The highest BCUT2D eigenvalue weighted by Gasteiger charge is 2.34. The van der Waals surface area contributed by atoms with E-state index >= 15 is 0 Å². The van der Waals surface area contributed by atoms with Crippen molar-refractivity contribution >= 4 is 7.26 Å². The lowest BCUT2D eigenvalue weighted by Crippen LogP contribution is -3.00. The molecule has 0 aromatic rings. The van der Waals surface area contributed by atoms with Gasteiger partial charge in [0.2, 0.25) is 0 Å². The van der Waals surface area contributed by atoms with E-state index in [4.69, 9.17) is 0 Å². The van der Waals surface area contributed by atoms with Gasteiger partial charge in [-0.15, -0.1) is 0 Å². The summed E-state index contributed by atoms with van der Waals surface area (Å²) < 4.78 is 0. The van der Waals surface area contributed by atoms with Gasteiger partial charge in [-0.25, -0.2) is 0 Å². The normalized spacial score (nSPS) is 11.6. The zero-order valence-electron chi connectivity index (χ0n) is 24.6. The van der Waals surface area contributed by atoms with Crippen molar-refractivity contribution in [2.45, 2.75) is 182 Å². The second-order valence-electron chi connectivity index (χ2n) is 11.3. The maximum Gasteiger partial charge on any atom is 0.0594 e. The molecular weight excluding hydrogens is 495 g/mol. The molecule has 0 saturated carbocycles. The lowest BCUT2D eigenvalue weighted by Gasteiger charge is -2.28. The van der Waals surface area contributed by atoms with Crippen LogP contribution < -0.4 is 17.0 Å². The predicted molar refractivity (Wildman–Crippen MR) is 160 cm³/mol. The first kappa shape index (κ1) is 37.1. The van der Waals surface area contributed by atoms with Crippen molar-refractivity contribution in [1.82, 2.24) is 0 Å². The summed E-state index contributed by atoms with van der Waals surface area (Å²) in [5.74, 6) is 0. The monoisotopic (exact) mass is 562 g/mol. The van der Waals surface area contributed by atoms with Crippen molar-refractivity contribution in [3.8, 4) is 0 Å². The molecule has 0 nitrogen and oxygen atoms in total. The Balaban J connectivity index is 0. The van der Waals surface area contributed by atoms with Gasteiger partial charge >= 0.3 is 0 Å². The first-order valence-corrected chi connectivity index (χ1v) is 18.6. The summed E-state index contributed by atoms with van der Waals surface area (Å²) in [7, 11) is -0.637. The maximum absolute atomic E-state index is 2.39. The van der Waals surface area contributed by atoms with E-state index in [-0.39, 0.29) is 17.0 Å². The van der Waals surface area contributed by atoms with E-state index in [0.29, 0.717) is 0 Å². The second kappa shape index (κ2) is 30.1. The van der Waals surface area contributed by atoms with Gasteiger partial charge in [0, 0.05) is 7.26 Å². The second-order valence-corrected chi connectivity index (χ2v) is 15.8. The Bertz CT molecular complexity index is 335. The van der Waals surface area contributed by atoms with Crippen molar-refractivity contribution in [3.05, 3.63) is 0 Å². The SMILES string of the molecule is CCCCCCCCCCCCCCCCCCCC[P+](CCCC)(CCCC)CCCC.[Br-]. The van der Waals surface area contributed by atoms with E-state index in [9.17, 15) is 0 Å². The Morgan fingerprint density at radius 1 is 0.265 bits per heavy atom. The molecule has 0 radical (unpaired) electrons. The van der Waals surface area contributed by atoms with Gasteiger partial charge in [0.05, 0.1) is 24.6 Å². The minimum Gasteiger partial charge on any atom is -1.00 e. The summed E-state index contributed by atoms with van der Waals surface area (Å²) in [6, 6.07) is 0. The highest BCUT2D eigenvalue weighted by molar-refractivity contribution is 7.75. The van der Waals surface area contributed by atoms with E-state index in [1.807, 2.05) is 0 Å². The zero-order valence-corrected chi connectivity index (χ0v) is 27.1. The van der Waals surface area contributed by atoms with Crippen LogP contribution in [-0.2, 0) is 0 Å². The topological polar surface area (TPSA) is 0 Å². The van der Waals surface area contributed by atoms with Crippen LogP contribution in [0.4, 0.5) is 0 Å². The molecule has 0 aliphatic heterocycles. The van der Waals surface area contributed by atoms with Crippen LogP contribution in [0.25, 0.3) is 0 Å². The standard InChI is InChI=1S/C32H68P.BrH/c1-5-9-13-14-15-16-17-18-19-20-21-22-23-24-25-26-27-28-32-33(29-10-6-2,30-11-7-3)31-12-8-4;/h5-32H2,1-4H3;1H/q+1;/p-1. The van der Waals surface area contributed by atoms with Crippen LogP contribution in [0.3, 0.4) is 0 Å². The molecule has 0 fully saturated rings. The Hall–Kier alpha value is 0.910. The average molecular weight is 564 g/mol. The molecule has 0 unspecified atom stereocenters. The van der Waals surface area contributed by atoms with E-state index < -0.39 is 7.26 Å². The Kier molecular flexibility index (Phi) is 32.9. The van der Waals surface area contributed by atoms with Crippen LogP contribution in [0.5, 0.6) is 0 Å². The Morgan fingerprint density at radius 2 is 0.471 bits per heavy atom. The molecule has 0 saturated heterocycles. The van der Waals surface area contributed by atoms with Crippen molar-refractivity contribution in [2.24, 2.45) is 0 Å². The Morgan fingerprint density at radius 3 is 0.735 bits per heavy atom. The van der Waals surface area contributed by atoms with Crippen molar-refractivity contribution in [3.63, 3.8) is 0 Å². The summed E-state index contributed by atoms with van der Waals surface area (Å²) in [6.45, 7) is 9.49. The molecule has 0 aliphatic rings. The Labute approximate surface area is 230 Å². The van der Waals surface area contributed by atoms with Gasteiger partial charge in [0.1, 0.15) is 0 Å². The molecule has 0 atom stereocenters. The molecule has 0 aromatic carbocycles. The largest absolute Gasteiger partial charge is 1.00 e. The minimum absolute atomic E-state index is 0. The molecule has 0 rings (SSSR count). The molecule has 34 heavy (non-hydrogen) atoms. The summed E-state index contributed by atoms with van der Waals surface area (Å²) >= 11 is 0. The van der Waals surface area contributed by atoms with E-state index in [1.54, 1.807) is 31.1 Å². The molecule has 2 heteroatoms. The molecule has 0 spiro atoms. The third-order valence-corrected chi connectivity index (χ3v) is 13.0. The third-order valence-electron chi connectivity index (χ3n) is 7.94. The first-order valence-electron chi connectivity index (χ1n) is 16.1. The van der Waals surface area contributed by atoms with Gasteiger partial charge in [0.25, 0.3) is 0 Å². The van der Waals surface area contributed by atoms with Crippen LogP contribution in [0.2, 0.25) is 0 Å². The molecule has 208 valence electrons. The van der Waals surface area contributed by atoms with Gasteiger partial charge in [-0.1, -0.05) is 150 Å². The van der Waals surface area contributed by atoms with Gasteiger partial charge in [0.15, 0.2) is 0 Å². The number of hydrogen-bond donors (Lipinski definition) is 0. The smallest absolute Gasteiger partial charge is 0.0594 e. The van der Waals surface area contributed by atoms with Crippen LogP contribution in [-0.4, -0.2) is 24.6 Å². The summed E-state index contributed by atoms with van der Waals surface area (Å²) in [6.07, 6.45) is 42.0. The fourth-order valence-corrected chi connectivity index (χ4v) is 10.7. The number of unbranched alkanes of at least 4 members (excludes halogenated alkanes) is 20. The van der Waals surface area contributed by atoms with E-state index in [0.717, 1.165) is 0 Å². The molecule has 0 bridgehead atoms. The zero-order chi connectivity index (χ0) is 24.3. The molecular formula is C32H68BrP. The lowest BCUT2D eigenvalue weighted by atomic mass is 10.0. The van der Waals surface area contributed by atoms with Crippen LogP contribution in [0.1, 0.15) is 182 Å². The average Bonchev–Trinajstić information content (AvgIpc) is 2.83. The van der Waals surface area contributed by atoms with Crippen LogP contribution in [0, 0.1) is 0 Å². The minimum atomic E-state index is -0.637. The summed E-state index contributed by atoms with van der Waals surface area (Å²) in [5, 5.41) is 0. The molecule has 0 aromatic heterocycles. The quantitative estimate of drug-likeness (QED) is 0.0657. The maximum atomic E-state index is 2.39.